The van der Waals surface area contributed by atoms with Gasteiger partial charge >= 0.3 is 0 Å². The molecule has 1 aliphatic carbocycles. The Labute approximate surface area is 92.7 Å². The van der Waals surface area contributed by atoms with Crippen LogP contribution in [0.4, 0.5) is 0 Å². The van der Waals surface area contributed by atoms with Crippen molar-refractivity contribution in [1.82, 2.24) is 5.32 Å². The lowest BCUT2D eigenvalue weighted by Gasteiger charge is -2.41. The fourth-order valence-electron chi connectivity index (χ4n) is 2.62. The van der Waals surface area contributed by atoms with Gasteiger partial charge in [-0.1, -0.05) is 6.42 Å². The maximum Gasteiger partial charge on any atom is 0.0588 e. The highest BCUT2D eigenvalue weighted by Crippen LogP contribution is 2.39. The van der Waals surface area contributed by atoms with Gasteiger partial charge in [-0.3, -0.25) is 0 Å². The largest absolute Gasteiger partial charge is 0.378 e. The first-order valence-corrected chi connectivity index (χ1v) is 6.37. The summed E-state index contributed by atoms with van der Waals surface area (Å²) in [4.78, 5) is 0. The first-order chi connectivity index (χ1) is 7.35. The van der Waals surface area contributed by atoms with Gasteiger partial charge in [0.25, 0.3) is 0 Å². The van der Waals surface area contributed by atoms with Gasteiger partial charge < -0.3 is 15.8 Å². The summed E-state index contributed by atoms with van der Waals surface area (Å²) in [6.45, 7) is 4.01. The molecular weight excluding hydrogens is 188 g/mol. The van der Waals surface area contributed by atoms with Gasteiger partial charge in [-0.15, -0.1) is 0 Å². The van der Waals surface area contributed by atoms with Crippen LogP contribution in [0.1, 0.15) is 38.5 Å². The predicted octanol–water partition coefficient (Wildman–Crippen LogP) is 1.27. The molecule has 15 heavy (non-hydrogen) atoms. The third kappa shape index (κ3) is 2.92. The summed E-state index contributed by atoms with van der Waals surface area (Å²) in [5.74, 6) is 0. The smallest absolute Gasteiger partial charge is 0.0588 e. The van der Waals surface area contributed by atoms with Crippen molar-refractivity contribution < 1.29 is 4.74 Å². The van der Waals surface area contributed by atoms with Crippen LogP contribution in [0.2, 0.25) is 0 Å². The molecule has 0 amide bonds. The van der Waals surface area contributed by atoms with E-state index in [9.17, 15) is 0 Å². The normalized spacial score (nSPS) is 29.0. The molecule has 0 radical (unpaired) electrons. The highest BCUT2D eigenvalue weighted by Gasteiger charge is 2.34. The van der Waals surface area contributed by atoms with Crippen molar-refractivity contribution in [3.63, 3.8) is 0 Å². The topological polar surface area (TPSA) is 47.3 Å². The minimum Gasteiger partial charge on any atom is -0.378 e. The third-order valence-corrected chi connectivity index (χ3v) is 4.01. The van der Waals surface area contributed by atoms with Crippen LogP contribution in [0.3, 0.4) is 0 Å². The molecule has 3 heteroatoms. The summed E-state index contributed by atoms with van der Waals surface area (Å²) in [6, 6.07) is 0. The summed E-state index contributed by atoms with van der Waals surface area (Å²) in [6.07, 6.45) is 8.19. The summed E-state index contributed by atoms with van der Waals surface area (Å²) < 4.78 is 5.59. The second kappa shape index (κ2) is 5.28. The second-order valence-electron chi connectivity index (χ2n) is 5.16. The number of ether oxygens (including phenoxy) is 1. The molecule has 0 bridgehead atoms. The molecule has 2 rings (SSSR count). The summed E-state index contributed by atoms with van der Waals surface area (Å²) >= 11 is 0. The number of nitrogens with one attached hydrogen (secondary N) is 1. The molecule has 1 saturated heterocycles. The molecule has 2 aliphatic rings. The molecule has 2 fully saturated rings. The Hall–Kier alpha value is -0.120. The second-order valence-corrected chi connectivity index (χ2v) is 5.16. The number of nitrogens with two attached hydrogens (primary N) is 1. The SMILES string of the molecule is NCC1(CNCCC2CCCO2)CCC1. The highest BCUT2D eigenvalue weighted by atomic mass is 16.5. The van der Waals surface area contributed by atoms with E-state index in [2.05, 4.69) is 5.32 Å². The first kappa shape index (κ1) is 11.4. The Balaban J connectivity index is 1.54. The molecule has 3 N–H and O–H groups in total. The summed E-state index contributed by atoms with van der Waals surface area (Å²) in [7, 11) is 0. The zero-order valence-corrected chi connectivity index (χ0v) is 9.63. The lowest BCUT2D eigenvalue weighted by molar-refractivity contribution is 0.0992. The van der Waals surface area contributed by atoms with E-state index in [0.717, 1.165) is 26.2 Å². The Morgan fingerprint density at radius 3 is 2.73 bits per heavy atom. The molecule has 1 atom stereocenters. The van der Waals surface area contributed by atoms with Gasteiger partial charge in [0.05, 0.1) is 6.10 Å². The molecule has 0 aromatic rings. The fourth-order valence-corrected chi connectivity index (χ4v) is 2.62. The number of rotatable bonds is 6. The predicted molar refractivity (Wildman–Crippen MR) is 61.8 cm³/mol. The standard InChI is InChI=1S/C12H24N2O/c13-9-12(5-2-6-12)10-14-7-4-11-3-1-8-15-11/h11,14H,1-10,13H2. The third-order valence-electron chi connectivity index (χ3n) is 4.01. The molecule has 88 valence electrons. The fraction of sp³-hybridized carbons (Fsp3) is 1.00. The van der Waals surface area contributed by atoms with E-state index < -0.39 is 0 Å². The van der Waals surface area contributed by atoms with Crippen molar-refractivity contribution in [2.45, 2.75) is 44.6 Å². The van der Waals surface area contributed by atoms with Crippen molar-refractivity contribution in [2.75, 3.05) is 26.2 Å². The van der Waals surface area contributed by atoms with Gasteiger partial charge in [-0.2, -0.15) is 0 Å². The van der Waals surface area contributed by atoms with Gasteiger partial charge in [-0.25, -0.2) is 0 Å². The van der Waals surface area contributed by atoms with Crippen LogP contribution >= 0.6 is 0 Å². The van der Waals surface area contributed by atoms with Crippen LogP contribution in [0, 0.1) is 5.41 Å². The Bertz CT molecular complexity index is 181. The molecule has 3 nitrogen and oxygen atoms in total. The van der Waals surface area contributed by atoms with Crippen molar-refractivity contribution in [2.24, 2.45) is 11.1 Å². The molecular formula is C12H24N2O. The maximum atomic E-state index is 5.81. The zero-order chi connectivity index (χ0) is 10.6. The monoisotopic (exact) mass is 212 g/mol. The minimum atomic E-state index is 0.441. The average molecular weight is 212 g/mol. The van der Waals surface area contributed by atoms with E-state index in [1.54, 1.807) is 0 Å². The molecule has 0 spiro atoms. The summed E-state index contributed by atoms with van der Waals surface area (Å²) in [5.41, 5.74) is 6.25. The van der Waals surface area contributed by atoms with E-state index in [4.69, 9.17) is 10.5 Å². The zero-order valence-electron chi connectivity index (χ0n) is 9.63. The van der Waals surface area contributed by atoms with Crippen molar-refractivity contribution >= 4 is 0 Å². The Kier molecular flexibility index (Phi) is 4.00. The lowest BCUT2D eigenvalue weighted by Crippen LogP contribution is -2.45. The molecule has 1 unspecified atom stereocenters. The Morgan fingerprint density at radius 1 is 1.33 bits per heavy atom. The van der Waals surface area contributed by atoms with Gasteiger partial charge in [0.1, 0.15) is 0 Å². The molecule has 1 saturated carbocycles. The lowest BCUT2D eigenvalue weighted by atomic mass is 9.69. The quantitative estimate of drug-likeness (QED) is 0.652. The van der Waals surface area contributed by atoms with E-state index in [0.29, 0.717) is 11.5 Å². The van der Waals surface area contributed by atoms with Crippen molar-refractivity contribution in [1.29, 1.82) is 0 Å². The van der Waals surface area contributed by atoms with Crippen LogP contribution < -0.4 is 11.1 Å². The number of hydrogen-bond donors (Lipinski definition) is 2. The van der Waals surface area contributed by atoms with Gasteiger partial charge in [0.15, 0.2) is 0 Å². The van der Waals surface area contributed by atoms with Gasteiger partial charge in [0.2, 0.25) is 0 Å². The first-order valence-electron chi connectivity index (χ1n) is 6.37. The molecule has 0 aromatic heterocycles. The molecule has 0 aromatic carbocycles. The highest BCUT2D eigenvalue weighted by molar-refractivity contribution is 4.90. The van der Waals surface area contributed by atoms with Crippen LogP contribution in [0.15, 0.2) is 0 Å². The van der Waals surface area contributed by atoms with Gasteiger partial charge in [0, 0.05) is 13.2 Å². The van der Waals surface area contributed by atoms with Crippen molar-refractivity contribution in [3.8, 4) is 0 Å². The van der Waals surface area contributed by atoms with E-state index in [1.165, 1.54) is 38.5 Å². The minimum absolute atomic E-state index is 0.441. The molecule has 1 aliphatic heterocycles. The average Bonchev–Trinajstić information content (AvgIpc) is 2.68. The maximum absolute atomic E-state index is 5.81. The van der Waals surface area contributed by atoms with E-state index >= 15 is 0 Å². The van der Waals surface area contributed by atoms with E-state index in [1.807, 2.05) is 0 Å². The van der Waals surface area contributed by atoms with Crippen LogP contribution in [-0.2, 0) is 4.74 Å². The van der Waals surface area contributed by atoms with Crippen molar-refractivity contribution in [3.05, 3.63) is 0 Å². The van der Waals surface area contributed by atoms with Crippen LogP contribution in [0.5, 0.6) is 0 Å². The van der Waals surface area contributed by atoms with E-state index in [-0.39, 0.29) is 0 Å². The van der Waals surface area contributed by atoms with Gasteiger partial charge in [-0.05, 0) is 50.6 Å². The number of hydrogen-bond acceptors (Lipinski definition) is 3. The Morgan fingerprint density at radius 2 is 2.20 bits per heavy atom. The summed E-state index contributed by atoms with van der Waals surface area (Å²) in [5, 5.41) is 3.55. The van der Waals surface area contributed by atoms with Crippen LogP contribution in [0.25, 0.3) is 0 Å². The molecule has 1 heterocycles. The van der Waals surface area contributed by atoms with Crippen LogP contribution in [-0.4, -0.2) is 32.3 Å².